The van der Waals surface area contributed by atoms with Crippen molar-refractivity contribution in [2.45, 2.75) is 25.7 Å². The van der Waals surface area contributed by atoms with Crippen molar-refractivity contribution in [2.24, 2.45) is 5.41 Å². The van der Waals surface area contributed by atoms with E-state index >= 15 is 0 Å². The first kappa shape index (κ1) is 13.7. The molecule has 1 heterocycles. The van der Waals surface area contributed by atoms with Crippen LogP contribution in [0.2, 0.25) is 0 Å². The molecule has 6 heteroatoms. The van der Waals surface area contributed by atoms with Crippen molar-refractivity contribution in [1.82, 2.24) is 15.5 Å². The number of hydrogen-bond donors (Lipinski definition) is 3. The van der Waals surface area contributed by atoms with Crippen LogP contribution in [-0.2, 0) is 0 Å². The molecule has 104 valence electrons. The van der Waals surface area contributed by atoms with Crippen molar-refractivity contribution in [1.29, 1.82) is 0 Å². The lowest BCUT2D eigenvalue weighted by Crippen LogP contribution is -2.31. The maximum Gasteiger partial charge on any atom is 0.271 e. The van der Waals surface area contributed by atoms with Crippen LogP contribution in [0.5, 0.6) is 0 Å². The zero-order chi connectivity index (χ0) is 13.7. The molecule has 19 heavy (non-hydrogen) atoms. The third-order valence-electron chi connectivity index (χ3n) is 3.77. The smallest absolute Gasteiger partial charge is 0.271 e. The molecule has 1 aromatic rings. The number of nitrogens with zero attached hydrogens (tertiary/aromatic N) is 2. The molecule has 0 saturated heterocycles. The van der Waals surface area contributed by atoms with Gasteiger partial charge in [-0.1, -0.05) is 12.8 Å². The fourth-order valence-corrected chi connectivity index (χ4v) is 2.47. The van der Waals surface area contributed by atoms with Crippen LogP contribution in [0.3, 0.4) is 0 Å². The first-order chi connectivity index (χ1) is 9.19. The number of aliphatic hydroxyl groups is 1. The predicted octanol–water partition coefficient (Wildman–Crippen LogP) is 0.801. The lowest BCUT2D eigenvalue weighted by molar-refractivity contribution is 0.0957. The Labute approximate surface area is 112 Å². The normalized spacial score (nSPS) is 17.2. The summed E-state index contributed by atoms with van der Waals surface area (Å²) in [6, 6.07) is 3.37. The molecule has 0 unspecified atom stereocenters. The molecule has 0 atom stereocenters. The number of nitrogens with one attached hydrogen (secondary N) is 2. The number of hydrogen-bond acceptors (Lipinski definition) is 5. The summed E-state index contributed by atoms with van der Waals surface area (Å²) in [5.74, 6) is 0.383. The van der Waals surface area contributed by atoms with Crippen molar-refractivity contribution < 1.29 is 9.90 Å². The number of carbonyl (C=O) groups excluding carboxylic acids is 1. The minimum atomic E-state index is -0.248. The SMILES string of the molecule is CNC(=O)c1ccc(NCC2(CO)CCCC2)nn1. The number of rotatable bonds is 5. The molecule has 1 fully saturated rings. The van der Waals surface area contributed by atoms with E-state index in [0.29, 0.717) is 18.1 Å². The molecule has 0 radical (unpaired) electrons. The summed E-state index contributed by atoms with van der Waals surface area (Å²) in [6.45, 7) is 0.890. The van der Waals surface area contributed by atoms with E-state index < -0.39 is 0 Å². The van der Waals surface area contributed by atoms with Gasteiger partial charge in [0.05, 0.1) is 6.61 Å². The van der Waals surface area contributed by atoms with Crippen LogP contribution in [0.4, 0.5) is 5.82 Å². The zero-order valence-electron chi connectivity index (χ0n) is 11.1. The fraction of sp³-hybridized carbons (Fsp3) is 0.615. The summed E-state index contributed by atoms with van der Waals surface area (Å²) in [5.41, 5.74) is 0.270. The van der Waals surface area contributed by atoms with E-state index in [1.807, 2.05) is 0 Å². The summed E-state index contributed by atoms with van der Waals surface area (Å²) in [7, 11) is 1.56. The summed E-state index contributed by atoms with van der Waals surface area (Å²) in [6.07, 6.45) is 4.42. The Balaban J connectivity index is 1.94. The molecule has 1 amide bonds. The summed E-state index contributed by atoms with van der Waals surface area (Å²) in [5, 5.41) is 23.0. The third-order valence-corrected chi connectivity index (χ3v) is 3.77. The Bertz CT molecular complexity index is 427. The van der Waals surface area contributed by atoms with E-state index in [-0.39, 0.29) is 17.9 Å². The highest BCUT2D eigenvalue weighted by Crippen LogP contribution is 2.37. The van der Waals surface area contributed by atoms with Crippen LogP contribution >= 0.6 is 0 Å². The molecule has 3 N–H and O–H groups in total. The Morgan fingerprint density at radius 2 is 2.11 bits per heavy atom. The lowest BCUT2D eigenvalue weighted by Gasteiger charge is -2.26. The maximum atomic E-state index is 11.3. The highest BCUT2D eigenvalue weighted by molar-refractivity contribution is 5.91. The fourth-order valence-electron chi connectivity index (χ4n) is 2.47. The van der Waals surface area contributed by atoms with Crippen molar-refractivity contribution in [3.8, 4) is 0 Å². The van der Waals surface area contributed by atoms with E-state index in [1.54, 1.807) is 19.2 Å². The Morgan fingerprint density at radius 1 is 1.37 bits per heavy atom. The van der Waals surface area contributed by atoms with Crippen LogP contribution in [0, 0.1) is 5.41 Å². The minimum Gasteiger partial charge on any atom is -0.396 e. The molecular weight excluding hydrogens is 244 g/mol. The van der Waals surface area contributed by atoms with Gasteiger partial charge in [0.1, 0.15) is 5.82 Å². The zero-order valence-corrected chi connectivity index (χ0v) is 11.1. The summed E-state index contributed by atoms with van der Waals surface area (Å²) >= 11 is 0. The van der Waals surface area contributed by atoms with E-state index in [1.165, 1.54) is 12.8 Å². The van der Waals surface area contributed by atoms with Gasteiger partial charge in [0, 0.05) is 19.0 Å². The Hall–Kier alpha value is -1.69. The second-order valence-corrected chi connectivity index (χ2v) is 5.10. The highest BCUT2D eigenvalue weighted by atomic mass is 16.3. The second kappa shape index (κ2) is 5.97. The quantitative estimate of drug-likeness (QED) is 0.732. The molecular formula is C13H20N4O2. The molecule has 1 aromatic heterocycles. The Morgan fingerprint density at radius 3 is 2.63 bits per heavy atom. The largest absolute Gasteiger partial charge is 0.396 e. The molecule has 1 aliphatic rings. The van der Waals surface area contributed by atoms with Gasteiger partial charge in [0.2, 0.25) is 0 Å². The standard InChI is InChI=1S/C13H20N4O2/c1-14-12(19)10-4-5-11(17-16-10)15-8-13(9-18)6-2-3-7-13/h4-5,18H,2-3,6-9H2,1H3,(H,14,19)(H,15,17). The van der Waals surface area contributed by atoms with Crippen LogP contribution < -0.4 is 10.6 Å². The van der Waals surface area contributed by atoms with E-state index in [9.17, 15) is 9.90 Å². The van der Waals surface area contributed by atoms with Gasteiger partial charge in [-0.25, -0.2) is 0 Å². The predicted molar refractivity (Wildman–Crippen MR) is 71.9 cm³/mol. The molecule has 2 rings (SSSR count). The molecule has 0 spiro atoms. The molecule has 0 aliphatic heterocycles. The average molecular weight is 264 g/mol. The van der Waals surface area contributed by atoms with Gasteiger partial charge in [-0.3, -0.25) is 4.79 Å². The molecule has 6 nitrogen and oxygen atoms in total. The topological polar surface area (TPSA) is 87.1 Å². The van der Waals surface area contributed by atoms with Gasteiger partial charge in [-0.2, -0.15) is 0 Å². The van der Waals surface area contributed by atoms with Gasteiger partial charge < -0.3 is 15.7 Å². The highest BCUT2D eigenvalue weighted by Gasteiger charge is 2.32. The number of amides is 1. The number of aliphatic hydroxyl groups excluding tert-OH is 1. The average Bonchev–Trinajstić information content (AvgIpc) is 2.94. The summed E-state index contributed by atoms with van der Waals surface area (Å²) in [4.78, 5) is 11.3. The second-order valence-electron chi connectivity index (χ2n) is 5.10. The van der Waals surface area contributed by atoms with Gasteiger partial charge in [0.25, 0.3) is 5.91 Å². The minimum absolute atomic E-state index is 0.0266. The van der Waals surface area contributed by atoms with Crippen molar-refractivity contribution >= 4 is 11.7 Å². The van der Waals surface area contributed by atoms with Crippen LogP contribution in [0.15, 0.2) is 12.1 Å². The molecule has 0 aromatic carbocycles. The van der Waals surface area contributed by atoms with Gasteiger partial charge in [0.15, 0.2) is 5.69 Å². The number of anilines is 1. The monoisotopic (exact) mass is 264 g/mol. The third kappa shape index (κ3) is 3.20. The van der Waals surface area contributed by atoms with E-state index in [2.05, 4.69) is 20.8 Å². The van der Waals surface area contributed by atoms with Crippen LogP contribution in [0.1, 0.15) is 36.2 Å². The van der Waals surface area contributed by atoms with E-state index in [4.69, 9.17) is 0 Å². The van der Waals surface area contributed by atoms with E-state index in [0.717, 1.165) is 12.8 Å². The molecule has 0 bridgehead atoms. The van der Waals surface area contributed by atoms with Gasteiger partial charge >= 0.3 is 0 Å². The first-order valence-corrected chi connectivity index (χ1v) is 6.60. The van der Waals surface area contributed by atoms with Gasteiger partial charge in [-0.05, 0) is 25.0 Å². The van der Waals surface area contributed by atoms with Crippen LogP contribution in [-0.4, -0.2) is 41.4 Å². The van der Waals surface area contributed by atoms with Crippen molar-refractivity contribution in [2.75, 3.05) is 25.5 Å². The molecule has 1 aliphatic carbocycles. The van der Waals surface area contributed by atoms with Crippen LogP contribution in [0.25, 0.3) is 0 Å². The lowest BCUT2D eigenvalue weighted by atomic mass is 9.87. The number of carbonyl (C=O) groups is 1. The Kier molecular flexibility index (Phi) is 4.31. The summed E-state index contributed by atoms with van der Waals surface area (Å²) < 4.78 is 0. The van der Waals surface area contributed by atoms with Gasteiger partial charge in [-0.15, -0.1) is 10.2 Å². The first-order valence-electron chi connectivity index (χ1n) is 6.60. The maximum absolute atomic E-state index is 11.3. The number of aromatic nitrogens is 2. The van der Waals surface area contributed by atoms with Crippen molar-refractivity contribution in [3.63, 3.8) is 0 Å². The molecule has 1 saturated carbocycles. The van der Waals surface area contributed by atoms with Crippen molar-refractivity contribution in [3.05, 3.63) is 17.8 Å².